The number of aromatic amines is 1. The number of aromatic nitrogens is 3. The van der Waals surface area contributed by atoms with E-state index in [0.717, 1.165) is 16.7 Å². The number of ether oxygens (including phenoxy) is 2. The smallest absolute Gasteiger partial charge is 0.335 e. The lowest BCUT2D eigenvalue weighted by atomic mass is 10.0. The van der Waals surface area contributed by atoms with Crippen molar-refractivity contribution in [2.24, 2.45) is 0 Å². The standard InChI is InChI=1S/C25H24ClN3O4.O2S/c1-14-2-4-15(5-3-14)16-6-8-17(9-7-16)23-19(26)11-20-24(28-23)29-25(27-20)33-18-10-21(31)22(12-30)32-13-18;1-3-2/h2-9,11,18,21-22,30-31H,10,12-13H2,1H3,(H,27,28,29);/t18-,21+,22-;/m1./s1. The van der Waals surface area contributed by atoms with E-state index < -0.39 is 23.8 Å². The van der Waals surface area contributed by atoms with Crippen molar-refractivity contribution in [3.05, 3.63) is 65.2 Å². The van der Waals surface area contributed by atoms with Gasteiger partial charge in [-0.25, -0.2) is 4.98 Å². The monoisotopic (exact) mass is 529 g/mol. The molecule has 0 unspecified atom stereocenters. The van der Waals surface area contributed by atoms with Crippen LogP contribution in [0, 0.1) is 6.92 Å². The number of hydrogen-bond donors (Lipinski definition) is 3. The average molecular weight is 530 g/mol. The van der Waals surface area contributed by atoms with Gasteiger partial charge >= 0.3 is 11.6 Å². The number of hydrogen-bond acceptors (Lipinski definition) is 8. The van der Waals surface area contributed by atoms with Gasteiger partial charge in [0, 0.05) is 12.0 Å². The van der Waals surface area contributed by atoms with Gasteiger partial charge in [-0.3, -0.25) is 0 Å². The number of fused-ring (bicyclic) bond motifs is 1. The van der Waals surface area contributed by atoms with Crippen molar-refractivity contribution < 1.29 is 28.1 Å². The predicted molar refractivity (Wildman–Crippen MR) is 135 cm³/mol. The third-order valence-electron chi connectivity index (χ3n) is 5.84. The highest BCUT2D eigenvalue weighted by Gasteiger charge is 2.31. The molecule has 1 aliphatic heterocycles. The van der Waals surface area contributed by atoms with Crippen molar-refractivity contribution >= 4 is 34.3 Å². The number of H-pyrrole nitrogens is 1. The van der Waals surface area contributed by atoms with Gasteiger partial charge in [0.25, 0.3) is 6.01 Å². The van der Waals surface area contributed by atoms with Crippen LogP contribution in [0.2, 0.25) is 5.02 Å². The summed E-state index contributed by atoms with van der Waals surface area (Å²) in [5.41, 5.74) is 6.16. The number of imidazole rings is 1. The van der Waals surface area contributed by atoms with E-state index in [0.29, 0.717) is 28.3 Å². The summed E-state index contributed by atoms with van der Waals surface area (Å²) in [5.74, 6) is 0. The van der Waals surface area contributed by atoms with Crippen molar-refractivity contribution in [3.8, 4) is 28.4 Å². The molecule has 3 atom stereocenters. The van der Waals surface area contributed by atoms with E-state index in [9.17, 15) is 10.2 Å². The fraction of sp³-hybridized carbons (Fsp3) is 0.280. The Morgan fingerprint density at radius 3 is 2.31 bits per heavy atom. The van der Waals surface area contributed by atoms with E-state index in [2.05, 4.69) is 58.3 Å². The number of halogens is 1. The van der Waals surface area contributed by atoms with E-state index in [1.165, 1.54) is 5.56 Å². The lowest BCUT2D eigenvalue weighted by molar-refractivity contribution is -0.131. The normalized spacial score (nSPS) is 19.4. The minimum atomic E-state index is -0.791. The molecular weight excluding hydrogens is 506 g/mol. The van der Waals surface area contributed by atoms with E-state index >= 15 is 0 Å². The summed E-state index contributed by atoms with van der Waals surface area (Å²) in [6, 6.07) is 18.6. The highest BCUT2D eigenvalue weighted by molar-refractivity contribution is 7.51. The van der Waals surface area contributed by atoms with E-state index in [1.54, 1.807) is 6.07 Å². The SMILES string of the molecule is Cc1ccc(-c2ccc(-c3nc4nc(O[C@H]5CO[C@H](CO)[C@@H](O)C5)[nH]c4cc3Cl)cc2)cc1.O=S=O. The van der Waals surface area contributed by atoms with Crippen LogP contribution in [0.25, 0.3) is 33.5 Å². The molecule has 1 aliphatic rings. The Morgan fingerprint density at radius 2 is 1.69 bits per heavy atom. The van der Waals surface area contributed by atoms with Crippen LogP contribution in [0.15, 0.2) is 54.6 Å². The Kier molecular flexibility index (Phi) is 8.44. The number of aliphatic hydroxyl groups excluding tert-OH is 2. The van der Waals surface area contributed by atoms with Crippen molar-refractivity contribution in [3.63, 3.8) is 0 Å². The molecule has 36 heavy (non-hydrogen) atoms. The number of aliphatic hydroxyl groups is 2. The summed E-state index contributed by atoms with van der Waals surface area (Å²) in [6.07, 6.45) is -1.41. The van der Waals surface area contributed by atoms with Crippen molar-refractivity contribution in [2.45, 2.75) is 31.7 Å². The van der Waals surface area contributed by atoms with Gasteiger partial charge in [0.05, 0.1) is 35.6 Å². The molecule has 2 aromatic carbocycles. The number of benzene rings is 2. The van der Waals surface area contributed by atoms with Crippen LogP contribution in [-0.2, 0) is 16.3 Å². The van der Waals surface area contributed by atoms with Gasteiger partial charge in [0.2, 0.25) is 0 Å². The van der Waals surface area contributed by atoms with Gasteiger partial charge in [0.15, 0.2) is 5.65 Å². The first-order valence-corrected chi connectivity index (χ1v) is 12.2. The van der Waals surface area contributed by atoms with Crippen LogP contribution in [0.4, 0.5) is 0 Å². The topological polar surface area (TPSA) is 135 Å². The van der Waals surface area contributed by atoms with Crippen molar-refractivity contribution in [1.82, 2.24) is 15.0 Å². The second-order valence-corrected chi connectivity index (χ2v) is 8.88. The molecule has 0 saturated carbocycles. The molecule has 3 N–H and O–H groups in total. The predicted octanol–water partition coefficient (Wildman–Crippen LogP) is 3.47. The van der Waals surface area contributed by atoms with Gasteiger partial charge in [-0.15, -0.1) is 0 Å². The Balaban J connectivity index is 0.000000967. The molecular formula is C25H24ClN3O6S. The Morgan fingerprint density at radius 1 is 1.08 bits per heavy atom. The van der Waals surface area contributed by atoms with Gasteiger partial charge < -0.3 is 24.7 Å². The van der Waals surface area contributed by atoms with Crippen molar-refractivity contribution in [1.29, 1.82) is 0 Å². The number of rotatable bonds is 5. The third kappa shape index (κ3) is 5.97. The number of pyridine rings is 1. The maximum Gasteiger partial charge on any atom is 0.335 e. The molecule has 0 radical (unpaired) electrons. The summed E-state index contributed by atoms with van der Waals surface area (Å²) in [6.45, 7) is 2.10. The van der Waals surface area contributed by atoms with Crippen LogP contribution in [0.3, 0.4) is 0 Å². The Bertz CT molecular complexity index is 1360. The molecule has 9 nitrogen and oxygen atoms in total. The number of nitrogens with zero attached hydrogens (tertiary/aromatic N) is 2. The number of nitrogens with one attached hydrogen (secondary N) is 1. The summed E-state index contributed by atoms with van der Waals surface area (Å²) in [4.78, 5) is 12.2. The highest BCUT2D eigenvalue weighted by atomic mass is 35.5. The molecule has 0 aliphatic carbocycles. The molecule has 11 heteroatoms. The first kappa shape index (κ1) is 25.9. The maximum absolute atomic E-state index is 10.0. The average Bonchev–Trinajstić information content (AvgIpc) is 3.25. The molecule has 1 saturated heterocycles. The Hall–Kier alpha value is -3.15. The quantitative estimate of drug-likeness (QED) is 0.358. The molecule has 0 amide bonds. The molecule has 3 heterocycles. The lowest BCUT2D eigenvalue weighted by Gasteiger charge is -2.31. The molecule has 0 spiro atoms. The summed E-state index contributed by atoms with van der Waals surface area (Å²) < 4.78 is 27.9. The van der Waals surface area contributed by atoms with Crippen LogP contribution >= 0.6 is 11.6 Å². The van der Waals surface area contributed by atoms with Gasteiger partial charge in [-0.05, 0) is 24.1 Å². The molecule has 4 aromatic rings. The Labute approximate surface area is 215 Å². The second-order valence-electron chi connectivity index (χ2n) is 8.34. The summed E-state index contributed by atoms with van der Waals surface area (Å²) >= 11 is 5.79. The van der Waals surface area contributed by atoms with Crippen LogP contribution < -0.4 is 4.74 Å². The molecule has 188 valence electrons. The van der Waals surface area contributed by atoms with Crippen LogP contribution in [0.5, 0.6) is 6.01 Å². The summed E-state index contributed by atoms with van der Waals surface area (Å²) in [7, 11) is 0. The molecule has 1 fully saturated rings. The highest BCUT2D eigenvalue weighted by Crippen LogP contribution is 2.31. The molecule has 2 aromatic heterocycles. The van der Waals surface area contributed by atoms with E-state index in [1.807, 2.05) is 12.1 Å². The first-order valence-electron chi connectivity index (χ1n) is 11.1. The van der Waals surface area contributed by atoms with Gasteiger partial charge in [0.1, 0.15) is 12.2 Å². The van der Waals surface area contributed by atoms with Crippen LogP contribution in [-0.4, -0.2) is 65.1 Å². The maximum atomic E-state index is 10.0. The largest absolute Gasteiger partial charge is 0.459 e. The zero-order valence-electron chi connectivity index (χ0n) is 19.3. The van der Waals surface area contributed by atoms with Gasteiger partial charge in [-0.2, -0.15) is 13.4 Å². The second kappa shape index (κ2) is 11.7. The molecule has 0 bridgehead atoms. The zero-order valence-corrected chi connectivity index (χ0v) is 20.8. The van der Waals surface area contributed by atoms with Crippen LogP contribution in [0.1, 0.15) is 12.0 Å². The number of aryl methyl sites for hydroxylation is 1. The first-order chi connectivity index (χ1) is 17.4. The minimum Gasteiger partial charge on any atom is -0.459 e. The minimum absolute atomic E-state index is 0.226. The van der Waals surface area contributed by atoms with Crippen molar-refractivity contribution in [2.75, 3.05) is 13.2 Å². The zero-order chi connectivity index (χ0) is 25.7. The third-order valence-corrected chi connectivity index (χ3v) is 6.12. The van der Waals surface area contributed by atoms with Gasteiger partial charge in [-0.1, -0.05) is 65.7 Å². The fourth-order valence-corrected chi connectivity index (χ4v) is 4.23. The lowest BCUT2D eigenvalue weighted by Crippen LogP contribution is -2.45. The van der Waals surface area contributed by atoms with E-state index in [4.69, 9.17) is 29.5 Å². The fourth-order valence-electron chi connectivity index (χ4n) is 3.97. The molecule has 5 rings (SSSR count). The van der Waals surface area contributed by atoms with E-state index in [-0.39, 0.29) is 25.3 Å². The summed E-state index contributed by atoms with van der Waals surface area (Å²) in [5, 5.41) is 19.7.